The lowest BCUT2D eigenvalue weighted by molar-refractivity contribution is 0.532. The molecule has 0 saturated heterocycles. The van der Waals surface area contributed by atoms with Crippen LogP contribution in [0.3, 0.4) is 0 Å². The minimum atomic E-state index is -0.373. The van der Waals surface area contributed by atoms with Crippen molar-refractivity contribution in [3.8, 4) is 0 Å². The molecule has 1 atom stereocenters. The van der Waals surface area contributed by atoms with Gasteiger partial charge in [0.15, 0.2) is 22.0 Å². The highest BCUT2D eigenvalue weighted by Crippen LogP contribution is 2.40. The molecule has 2 aliphatic heterocycles. The second kappa shape index (κ2) is 5.39. The van der Waals surface area contributed by atoms with Gasteiger partial charge in [0, 0.05) is 23.4 Å². The number of fused-ring (bicyclic) bond motifs is 3. The van der Waals surface area contributed by atoms with Gasteiger partial charge in [-0.2, -0.15) is 8.71 Å². The summed E-state index contributed by atoms with van der Waals surface area (Å²) in [5, 5.41) is 7.64. The van der Waals surface area contributed by atoms with Crippen molar-refractivity contribution >= 4 is 39.1 Å². The molecule has 0 bridgehead atoms. The number of thiophene rings is 1. The summed E-state index contributed by atoms with van der Waals surface area (Å²) in [5.74, 6) is 0.782. The van der Waals surface area contributed by atoms with E-state index in [1.54, 1.807) is 7.11 Å². The lowest BCUT2D eigenvalue weighted by atomic mass is 10.1. The van der Waals surface area contributed by atoms with Crippen molar-refractivity contribution in [3.63, 3.8) is 0 Å². The molecular weight excluding hydrogens is 320 g/mol. The maximum Gasteiger partial charge on any atom is 0.291 e. The molecule has 0 aliphatic carbocycles. The fraction of sp³-hybridized carbons (Fsp3) is 0.200. The number of benzene rings is 1. The Bertz CT molecular complexity index is 771. The molecule has 0 fully saturated rings. The molecule has 0 amide bonds. The highest BCUT2D eigenvalue weighted by Gasteiger charge is 2.39. The number of nitrogens with zero attached hydrogens (tertiary/aromatic N) is 4. The van der Waals surface area contributed by atoms with Crippen LogP contribution in [0.5, 0.6) is 0 Å². The molecule has 4 rings (SSSR count). The summed E-state index contributed by atoms with van der Waals surface area (Å²) in [6.45, 7) is 1.12. The van der Waals surface area contributed by atoms with E-state index in [0.29, 0.717) is 13.2 Å². The predicted molar refractivity (Wildman–Crippen MR) is 90.6 cm³/mol. The van der Waals surface area contributed by atoms with Gasteiger partial charge in [0.2, 0.25) is 0 Å². The summed E-state index contributed by atoms with van der Waals surface area (Å²) in [7, 11) is 1.35. The summed E-state index contributed by atoms with van der Waals surface area (Å²) >= 11 is 6.14. The van der Waals surface area contributed by atoms with Gasteiger partial charge in [0.1, 0.15) is 12.4 Å². The van der Waals surface area contributed by atoms with E-state index in [1.165, 1.54) is 4.53 Å². The quantitative estimate of drug-likeness (QED) is 0.626. The normalized spacial score (nSPS) is 17.6. The van der Waals surface area contributed by atoms with E-state index < -0.39 is 0 Å². The molecule has 0 saturated carbocycles. The molecule has 1 aromatic carbocycles. The average molecular weight is 334 g/mol. The van der Waals surface area contributed by atoms with Gasteiger partial charge < -0.3 is 0 Å². The Labute approximate surface area is 136 Å². The summed E-state index contributed by atoms with van der Waals surface area (Å²) in [5.41, 5.74) is 3.07. The number of hydrogen-bond acceptors (Lipinski definition) is 5. The first kappa shape index (κ1) is 13.8. The Balaban J connectivity index is 1.86. The molecule has 1 unspecified atom stereocenters. The molecular formula is C15H14ClN4OS+. The van der Waals surface area contributed by atoms with E-state index in [2.05, 4.69) is 21.4 Å². The average Bonchev–Trinajstić information content (AvgIpc) is 3.08. The van der Waals surface area contributed by atoms with Gasteiger partial charge in [-0.05, 0) is 0 Å². The molecule has 5 nitrogen and oxygen atoms in total. The Morgan fingerprint density at radius 2 is 2.05 bits per heavy atom. The topological polar surface area (TPSA) is 40.4 Å². The lowest BCUT2D eigenvalue weighted by Crippen LogP contribution is -2.34. The van der Waals surface area contributed by atoms with E-state index in [9.17, 15) is 0 Å². The lowest BCUT2D eigenvalue weighted by Gasteiger charge is -2.14. The van der Waals surface area contributed by atoms with E-state index in [-0.39, 0.29) is 10.8 Å². The van der Waals surface area contributed by atoms with Gasteiger partial charge in [-0.1, -0.05) is 30.3 Å². The van der Waals surface area contributed by atoms with Crippen LogP contribution in [-0.2, 0) is 6.54 Å². The van der Waals surface area contributed by atoms with Gasteiger partial charge in [-0.15, -0.1) is 5.10 Å². The van der Waals surface area contributed by atoms with E-state index >= 15 is 0 Å². The molecule has 7 heteroatoms. The molecule has 1 aromatic heterocycles. The van der Waals surface area contributed by atoms with Gasteiger partial charge in [0.05, 0.1) is 19.2 Å². The van der Waals surface area contributed by atoms with Crippen LogP contribution in [0.1, 0.15) is 11.1 Å². The largest absolute Gasteiger partial charge is 0.291 e. The first-order chi connectivity index (χ1) is 10.8. The van der Waals surface area contributed by atoms with Crippen molar-refractivity contribution in [1.82, 2.24) is 4.53 Å². The first-order valence-electron chi connectivity index (χ1n) is 6.86. The number of hydrazone groups is 1. The molecule has 22 heavy (non-hydrogen) atoms. The minimum Gasteiger partial charge on any atom is -0.276 e. The molecule has 0 spiro atoms. The Morgan fingerprint density at radius 1 is 1.23 bits per heavy atom. The van der Waals surface area contributed by atoms with Crippen molar-refractivity contribution in [3.05, 3.63) is 52.9 Å². The Kier molecular flexibility index (Phi) is 3.37. The van der Waals surface area contributed by atoms with Crippen molar-refractivity contribution in [2.75, 3.05) is 18.7 Å². The fourth-order valence-corrected chi connectivity index (χ4v) is 4.32. The molecule has 0 N–H and O–H groups in total. The van der Waals surface area contributed by atoms with Crippen LogP contribution in [0.15, 0.2) is 51.9 Å². The number of hydrogen-bond donors (Lipinski definition) is 0. The molecule has 2 aromatic rings. The van der Waals surface area contributed by atoms with Gasteiger partial charge in [0.25, 0.3) is 5.00 Å². The van der Waals surface area contributed by atoms with Gasteiger partial charge in [-0.25, -0.2) is 0 Å². The zero-order valence-electron chi connectivity index (χ0n) is 11.9. The Hall–Kier alpha value is -1.89. The van der Waals surface area contributed by atoms with Crippen LogP contribution >= 0.6 is 22.5 Å². The van der Waals surface area contributed by atoms with Crippen molar-refractivity contribution in [2.45, 2.75) is 6.54 Å². The molecule has 3 heterocycles. The minimum absolute atomic E-state index is 0.373. The van der Waals surface area contributed by atoms with E-state index in [1.807, 2.05) is 30.3 Å². The molecule has 112 valence electrons. The molecule has 0 radical (unpaired) electrons. The van der Waals surface area contributed by atoms with Crippen LogP contribution in [0.4, 0.5) is 5.00 Å². The monoisotopic (exact) mass is 333 g/mol. The third kappa shape index (κ3) is 2.11. The van der Waals surface area contributed by atoms with Crippen molar-refractivity contribution in [2.24, 2.45) is 10.1 Å². The maximum absolute atomic E-state index is 6.14. The number of rotatable bonds is 2. The van der Waals surface area contributed by atoms with Crippen LogP contribution in [0, 0.1) is 0 Å². The maximum atomic E-state index is 6.14. The third-order valence-corrected chi connectivity index (χ3v) is 5.45. The number of anilines is 1. The van der Waals surface area contributed by atoms with E-state index in [0.717, 1.165) is 27.7 Å². The standard InChI is InChI=1S/C15H14ClN4OS/c1-21-22-8-7-12-9-17-13(11-5-3-2-4-6-11)14-18-20(16)10-19(14)15(12)22/h2-8H,9-10H2,1H3/q+1. The summed E-state index contributed by atoms with van der Waals surface area (Å²) in [6, 6.07) is 12.2. The summed E-state index contributed by atoms with van der Waals surface area (Å²) in [6.07, 6.45) is 0. The summed E-state index contributed by atoms with van der Waals surface area (Å²) < 4.78 is 7.01. The molecule has 2 aliphatic rings. The highest BCUT2D eigenvalue weighted by molar-refractivity contribution is 7.29. The van der Waals surface area contributed by atoms with Crippen molar-refractivity contribution in [1.29, 1.82) is 0 Å². The number of halogens is 1. The fourth-order valence-electron chi connectivity index (χ4n) is 2.70. The van der Waals surface area contributed by atoms with Gasteiger partial charge in [-0.3, -0.25) is 9.89 Å². The van der Waals surface area contributed by atoms with Crippen LogP contribution in [0.2, 0.25) is 0 Å². The zero-order valence-corrected chi connectivity index (χ0v) is 13.5. The second-order valence-corrected chi connectivity index (χ2v) is 6.93. The number of amidine groups is 1. The van der Waals surface area contributed by atoms with Crippen LogP contribution < -0.4 is 9.08 Å². The first-order valence-corrected chi connectivity index (χ1v) is 8.41. The van der Waals surface area contributed by atoms with Crippen LogP contribution in [-0.4, -0.2) is 29.9 Å². The second-order valence-electron chi connectivity index (χ2n) is 4.96. The third-order valence-electron chi connectivity index (χ3n) is 3.67. The summed E-state index contributed by atoms with van der Waals surface area (Å²) in [4.78, 5) is 6.89. The van der Waals surface area contributed by atoms with Gasteiger partial charge >= 0.3 is 0 Å². The van der Waals surface area contributed by atoms with Crippen molar-refractivity contribution < 1.29 is 4.18 Å². The Morgan fingerprint density at radius 3 is 2.82 bits per heavy atom. The highest BCUT2D eigenvalue weighted by atomic mass is 35.5. The smallest absolute Gasteiger partial charge is 0.276 e. The van der Waals surface area contributed by atoms with E-state index in [4.69, 9.17) is 21.0 Å². The predicted octanol–water partition coefficient (Wildman–Crippen LogP) is 3.04. The number of aliphatic imine (C=N–C) groups is 1. The zero-order chi connectivity index (χ0) is 15.1. The van der Waals surface area contributed by atoms with Crippen LogP contribution in [0.25, 0.3) is 0 Å². The SMILES string of the molecule is CO[s+]1ccc2c1N1CN(Cl)N=C1C(c1ccccc1)=NC2.